The van der Waals surface area contributed by atoms with E-state index < -0.39 is 21.7 Å². The minimum Gasteiger partial charge on any atom is -0.323 e. The Kier molecular flexibility index (Phi) is 6.89. The lowest BCUT2D eigenvalue weighted by molar-refractivity contribution is -0.113. The highest BCUT2D eigenvalue weighted by Gasteiger charge is 2.36. The van der Waals surface area contributed by atoms with Crippen LogP contribution in [-0.2, 0) is 21.4 Å². The Morgan fingerprint density at radius 2 is 1.92 bits per heavy atom. The fourth-order valence-corrected chi connectivity index (χ4v) is 6.33. The summed E-state index contributed by atoms with van der Waals surface area (Å²) in [5.41, 5.74) is 3.35. The summed E-state index contributed by atoms with van der Waals surface area (Å²) in [7, 11) is -3.94. The summed E-state index contributed by atoms with van der Waals surface area (Å²) in [6, 6.07) is 18.8. The van der Waals surface area contributed by atoms with Crippen molar-refractivity contribution in [2.24, 2.45) is 0 Å². The average molecular weight is 555 g/mol. The van der Waals surface area contributed by atoms with Crippen LogP contribution < -0.4 is 9.62 Å². The molecule has 1 amide bonds. The van der Waals surface area contributed by atoms with Gasteiger partial charge in [-0.1, -0.05) is 71.4 Å². The monoisotopic (exact) mass is 554 g/mol. The van der Waals surface area contributed by atoms with Gasteiger partial charge in [0.25, 0.3) is 10.0 Å². The van der Waals surface area contributed by atoms with Crippen LogP contribution in [0.25, 0.3) is 11.3 Å². The molecule has 1 aromatic heterocycles. The Labute approximate surface area is 222 Å². The molecular weight excluding hydrogens is 535 g/mol. The van der Waals surface area contributed by atoms with Crippen molar-refractivity contribution in [1.82, 2.24) is 9.97 Å². The molecule has 0 aliphatic carbocycles. The first-order valence-corrected chi connectivity index (χ1v) is 13.9. The van der Waals surface area contributed by atoms with Crippen molar-refractivity contribution >= 4 is 50.7 Å². The number of benzene rings is 3. The zero-order valence-electron chi connectivity index (χ0n) is 19.5. The summed E-state index contributed by atoms with van der Waals surface area (Å²) >= 11 is 6.76. The molecule has 0 unspecified atom stereocenters. The molecule has 0 fully saturated rings. The van der Waals surface area contributed by atoms with Crippen LogP contribution in [0, 0.1) is 12.7 Å². The van der Waals surface area contributed by atoms with Gasteiger partial charge in [0.15, 0.2) is 5.16 Å². The van der Waals surface area contributed by atoms with Crippen molar-refractivity contribution in [2.45, 2.75) is 23.5 Å². The lowest BCUT2D eigenvalue weighted by Gasteiger charge is -2.31. The van der Waals surface area contributed by atoms with Gasteiger partial charge in [0.1, 0.15) is 10.7 Å². The van der Waals surface area contributed by atoms with Gasteiger partial charge in [-0.25, -0.2) is 22.8 Å². The summed E-state index contributed by atoms with van der Waals surface area (Å²) < 4.78 is 42.6. The number of hydrogen-bond acceptors (Lipinski definition) is 6. The summed E-state index contributed by atoms with van der Waals surface area (Å²) in [6.45, 7) is 2.12. The number of aromatic nitrogens is 2. The Morgan fingerprint density at radius 3 is 2.70 bits per heavy atom. The van der Waals surface area contributed by atoms with Gasteiger partial charge in [-0.3, -0.25) is 9.10 Å². The van der Waals surface area contributed by atoms with Crippen molar-refractivity contribution in [1.29, 1.82) is 0 Å². The molecular formula is C26H20ClFN4O3S2. The molecule has 2 heterocycles. The number of aryl methyl sites for hydroxylation is 1. The van der Waals surface area contributed by atoms with E-state index >= 15 is 0 Å². The summed E-state index contributed by atoms with van der Waals surface area (Å²) in [6.07, 6.45) is 1.27. The molecule has 0 radical (unpaired) electrons. The highest BCUT2D eigenvalue weighted by molar-refractivity contribution is 7.99. The number of fused-ring (bicyclic) bond motifs is 3. The summed E-state index contributed by atoms with van der Waals surface area (Å²) in [5, 5.41) is 2.93. The fraction of sp³-hybridized carbons (Fsp3) is 0.115. The number of para-hydroxylation sites is 1. The molecule has 3 aromatic carbocycles. The van der Waals surface area contributed by atoms with E-state index in [1.165, 1.54) is 22.6 Å². The van der Waals surface area contributed by atoms with Gasteiger partial charge in [-0.15, -0.1) is 0 Å². The topological polar surface area (TPSA) is 92.3 Å². The molecule has 1 N–H and O–H groups in total. The number of thioether (sulfide) groups is 1. The highest BCUT2D eigenvalue weighted by atomic mass is 35.5. The van der Waals surface area contributed by atoms with Gasteiger partial charge in [-0.05, 0) is 36.8 Å². The minimum atomic E-state index is -3.94. The number of anilines is 2. The van der Waals surface area contributed by atoms with Crippen LogP contribution in [0.4, 0.5) is 15.8 Å². The van der Waals surface area contributed by atoms with Gasteiger partial charge >= 0.3 is 0 Å². The van der Waals surface area contributed by atoms with Crippen LogP contribution >= 0.6 is 23.4 Å². The second-order valence-electron chi connectivity index (χ2n) is 8.34. The predicted molar refractivity (Wildman–Crippen MR) is 143 cm³/mol. The van der Waals surface area contributed by atoms with E-state index in [9.17, 15) is 17.6 Å². The molecule has 11 heteroatoms. The third-order valence-electron chi connectivity index (χ3n) is 5.68. The van der Waals surface area contributed by atoms with E-state index in [4.69, 9.17) is 11.6 Å². The number of nitrogens with one attached hydrogen (secondary N) is 1. The van der Waals surface area contributed by atoms with E-state index in [-0.39, 0.29) is 38.8 Å². The predicted octanol–water partition coefficient (Wildman–Crippen LogP) is 5.68. The summed E-state index contributed by atoms with van der Waals surface area (Å²) in [5.74, 6) is -1.22. The number of amides is 1. The molecule has 0 saturated heterocycles. The van der Waals surface area contributed by atoms with Crippen molar-refractivity contribution in [2.75, 3.05) is 15.4 Å². The Hall–Kier alpha value is -3.47. The zero-order valence-corrected chi connectivity index (χ0v) is 21.9. The molecule has 37 heavy (non-hydrogen) atoms. The largest absolute Gasteiger partial charge is 0.323 e. The number of carbonyl (C=O) groups is 1. The third kappa shape index (κ3) is 5.18. The maximum absolute atomic E-state index is 14.0. The first-order valence-electron chi connectivity index (χ1n) is 11.1. The number of hydrogen-bond donors (Lipinski definition) is 1. The van der Waals surface area contributed by atoms with Gasteiger partial charge in [0, 0.05) is 10.6 Å². The van der Waals surface area contributed by atoms with Crippen molar-refractivity contribution < 1.29 is 17.6 Å². The Balaban J connectivity index is 1.40. The second kappa shape index (κ2) is 10.1. The minimum absolute atomic E-state index is 0.00381. The van der Waals surface area contributed by atoms with Crippen LogP contribution in [0.15, 0.2) is 83.0 Å². The van der Waals surface area contributed by atoms with Crippen LogP contribution in [-0.4, -0.2) is 30.0 Å². The van der Waals surface area contributed by atoms with Crippen molar-refractivity contribution in [3.05, 3.63) is 94.9 Å². The first kappa shape index (κ1) is 25.2. The lowest BCUT2D eigenvalue weighted by atomic mass is 10.1. The van der Waals surface area contributed by atoms with Gasteiger partial charge in [0.05, 0.1) is 35.6 Å². The van der Waals surface area contributed by atoms with E-state index in [1.54, 1.807) is 12.1 Å². The smallest absolute Gasteiger partial charge is 0.268 e. The van der Waals surface area contributed by atoms with Crippen molar-refractivity contribution in [3.8, 4) is 11.3 Å². The molecule has 4 aromatic rings. The molecule has 0 saturated carbocycles. The van der Waals surface area contributed by atoms with Gasteiger partial charge in [0.2, 0.25) is 5.91 Å². The number of halogens is 2. The SMILES string of the molecule is Cc1cccc(CN2c3ccccc3-c3nc(SCC(=O)Nc4ccc(Cl)cc4F)ncc3S2(=O)=O)c1. The highest BCUT2D eigenvalue weighted by Crippen LogP contribution is 2.42. The lowest BCUT2D eigenvalue weighted by Crippen LogP contribution is -2.34. The maximum Gasteiger partial charge on any atom is 0.268 e. The van der Waals surface area contributed by atoms with Crippen LogP contribution in [0.3, 0.4) is 0 Å². The van der Waals surface area contributed by atoms with Crippen LogP contribution in [0.2, 0.25) is 5.02 Å². The number of nitrogens with zero attached hydrogens (tertiary/aromatic N) is 3. The second-order valence-corrected chi connectivity index (χ2v) is 11.6. The number of rotatable bonds is 6. The standard InChI is InChI=1S/C26H20ClFN4O3S2/c1-16-5-4-6-17(11-16)14-32-22-8-3-2-7-19(22)25-23(37(32,34)35)13-29-26(31-25)36-15-24(33)30-21-10-9-18(27)12-20(21)28/h2-13H,14-15H2,1H3,(H,30,33). The normalized spacial score (nSPS) is 13.5. The average Bonchev–Trinajstić information content (AvgIpc) is 2.87. The van der Waals surface area contributed by atoms with Crippen LogP contribution in [0.1, 0.15) is 11.1 Å². The molecule has 1 aliphatic rings. The zero-order chi connectivity index (χ0) is 26.2. The molecule has 5 rings (SSSR count). The number of carbonyl (C=O) groups excluding carboxylic acids is 1. The maximum atomic E-state index is 14.0. The molecule has 0 spiro atoms. The van der Waals surface area contributed by atoms with Gasteiger partial charge < -0.3 is 5.32 Å². The van der Waals surface area contributed by atoms with Gasteiger partial charge in [-0.2, -0.15) is 0 Å². The first-order chi connectivity index (χ1) is 17.7. The van der Waals surface area contributed by atoms with Crippen molar-refractivity contribution in [3.63, 3.8) is 0 Å². The molecule has 1 aliphatic heterocycles. The van der Waals surface area contributed by atoms with E-state index in [0.29, 0.717) is 11.3 Å². The Bertz CT molecular complexity index is 1630. The number of sulfonamides is 1. The fourth-order valence-electron chi connectivity index (χ4n) is 4.00. The molecule has 7 nitrogen and oxygen atoms in total. The summed E-state index contributed by atoms with van der Waals surface area (Å²) in [4.78, 5) is 21.0. The van der Waals surface area contributed by atoms with Crippen LogP contribution in [0.5, 0.6) is 0 Å². The third-order valence-corrected chi connectivity index (χ3v) is 8.53. The Morgan fingerprint density at radius 1 is 1.11 bits per heavy atom. The molecule has 0 atom stereocenters. The van der Waals surface area contributed by atoms with E-state index in [2.05, 4.69) is 15.3 Å². The quantitative estimate of drug-likeness (QED) is 0.243. The molecule has 188 valence electrons. The molecule has 0 bridgehead atoms. The van der Waals surface area contributed by atoms with E-state index in [1.807, 2.05) is 43.3 Å². The van der Waals surface area contributed by atoms with E-state index in [0.717, 1.165) is 29.0 Å².